The van der Waals surface area contributed by atoms with Crippen molar-refractivity contribution in [2.75, 3.05) is 19.0 Å². The number of amides is 1. The van der Waals surface area contributed by atoms with E-state index in [-0.39, 0.29) is 12.2 Å². The Kier molecular flexibility index (Phi) is 4.63. The lowest BCUT2D eigenvalue weighted by atomic mass is 10.2. The average molecular weight is 377 g/mol. The average Bonchev–Trinajstić information content (AvgIpc) is 3.07. The van der Waals surface area contributed by atoms with Crippen molar-refractivity contribution in [3.63, 3.8) is 0 Å². The third-order valence-corrected chi connectivity index (χ3v) is 4.08. The van der Waals surface area contributed by atoms with E-state index in [2.05, 4.69) is 25.4 Å². The molecule has 4 heterocycles. The molecule has 0 aliphatic heterocycles. The van der Waals surface area contributed by atoms with Crippen LogP contribution in [0.25, 0.3) is 28.2 Å². The number of aromatic nitrogens is 5. The van der Waals surface area contributed by atoms with Crippen LogP contribution in [-0.4, -0.2) is 43.7 Å². The molecule has 1 amide bonds. The van der Waals surface area contributed by atoms with Gasteiger partial charge in [-0.3, -0.25) is 9.78 Å². The van der Waals surface area contributed by atoms with Gasteiger partial charge in [-0.25, -0.2) is 18.9 Å². The maximum Gasteiger partial charge on any atom is 0.269 e. The Hall–Kier alpha value is -3.88. The number of nitrogens with zero attached hydrogens (tertiary/aromatic N) is 5. The summed E-state index contributed by atoms with van der Waals surface area (Å²) < 4.78 is 13.8. The highest BCUT2D eigenvalue weighted by Crippen LogP contribution is 2.28. The molecule has 0 atom stereocenters. The molecule has 9 heteroatoms. The van der Waals surface area contributed by atoms with Gasteiger partial charge in [-0.2, -0.15) is 0 Å². The number of pyridine rings is 2. The normalized spacial score (nSPS) is 10.9. The number of carbonyl (C=O) groups excluding carboxylic acids is 1. The van der Waals surface area contributed by atoms with Crippen molar-refractivity contribution in [1.82, 2.24) is 29.9 Å². The molecule has 0 aliphatic rings. The number of rotatable bonds is 5. The van der Waals surface area contributed by atoms with Crippen molar-refractivity contribution in [2.24, 2.45) is 0 Å². The molecule has 0 aromatic carbocycles. The molecule has 4 aromatic heterocycles. The Balaban J connectivity index is 1.73. The lowest BCUT2D eigenvalue weighted by molar-refractivity contribution is 0.0946. The van der Waals surface area contributed by atoms with Gasteiger partial charge in [0.15, 0.2) is 11.5 Å². The van der Waals surface area contributed by atoms with Gasteiger partial charge < -0.3 is 11.1 Å². The van der Waals surface area contributed by atoms with Gasteiger partial charge in [0.25, 0.3) is 5.91 Å². The van der Waals surface area contributed by atoms with Crippen molar-refractivity contribution in [2.45, 2.75) is 0 Å². The number of alkyl halides is 1. The Morgan fingerprint density at radius 1 is 1.14 bits per heavy atom. The number of halogens is 1. The molecule has 0 saturated carbocycles. The number of nitrogens with one attached hydrogen (secondary N) is 1. The Labute approximate surface area is 159 Å². The van der Waals surface area contributed by atoms with E-state index in [1.54, 1.807) is 41.3 Å². The van der Waals surface area contributed by atoms with E-state index >= 15 is 0 Å². The summed E-state index contributed by atoms with van der Waals surface area (Å²) in [5, 5.41) is 6.77. The first kappa shape index (κ1) is 17.5. The standard InChI is InChI=1S/C19H16FN7O/c20-7-9-23-19(28)15-6-3-5-13(25-15)12-10-24-18-16(14-4-1-2-8-22-14)17(21)26-27(18)11-12/h1-6,8,10-11H,7,9H2,(H2,21,26)(H,23,28). The predicted octanol–water partition coefficient (Wildman–Crippen LogP) is 2.13. The van der Waals surface area contributed by atoms with Crippen molar-refractivity contribution < 1.29 is 9.18 Å². The van der Waals surface area contributed by atoms with E-state index in [0.29, 0.717) is 34.0 Å². The molecule has 8 nitrogen and oxygen atoms in total. The second-order valence-electron chi connectivity index (χ2n) is 5.94. The summed E-state index contributed by atoms with van der Waals surface area (Å²) in [5.41, 5.74) is 9.36. The largest absolute Gasteiger partial charge is 0.382 e. The van der Waals surface area contributed by atoms with Crippen molar-refractivity contribution >= 4 is 17.4 Å². The smallest absolute Gasteiger partial charge is 0.269 e. The topological polar surface area (TPSA) is 111 Å². The van der Waals surface area contributed by atoms with E-state index in [1.807, 2.05) is 18.2 Å². The van der Waals surface area contributed by atoms with Gasteiger partial charge in [0, 0.05) is 30.7 Å². The van der Waals surface area contributed by atoms with Crippen LogP contribution in [0, 0.1) is 0 Å². The second-order valence-corrected chi connectivity index (χ2v) is 5.94. The zero-order chi connectivity index (χ0) is 19.5. The van der Waals surface area contributed by atoms with Gasteiger partial charge in [-0.05, 0) is 24.3 Å². The summed E-state index contributed by atoms with van der Waals surface area (Å²) in [5.74, 6) is -0.120. The first-order valence-corrected chi connectivity index (χ1v) is 8.54. The van der Waals surface area contributed by atoms with Crippen LogP contribution in [0.5, 0.6) is 0 Å². The molecule has 4 rings (SSSR count). The van der Waals surface area contributed by atoms with Gasteiger partial charge in [0.1, 0.15) is 12.4 Å². The van der Waals surface area contributed by atoms with Crippen LogP contribution in [-0.2, 0) is 0 Å². The molecular weight excluding hydrogens is 361 g/mol. The highest BCUT2D eigenvalue weighted by Gasteiger charge is 2.16. The SMILES string of the molecule is Nc1nn2cc(-c3cccc(C(=O)NCCF)n3)cnc2c1-c1ccccn1. The molecule has 0 aliphatic carbocycles. The number of carbonyl (C=O) groups is 1. The monoisotopic (exact) mass is 377 g/mol. The van der Waals surface area contributed by atoms with E-state index in [9.17, 15) is 9.18 Å². The minimum absolute atomic E-state index is 0.0544. The van der Waals surface area contributed by atoms with Crippen LogP contribution >= 0.6 is 0 Å². The summed E-state index contributed by atoms with van der Waals surface area (Å²) in [7, 11) is 0. The highest BCUT2D eigenvalue weighted by molar-refractivity contribution is 5.92. The van der Waals surface area contributed by atoms with Crippen molar-refractivity contribution in [3.05, 3.63) is 60.7 Å². The van der Waals surface area contributed by atoms with Crippen molar-refractivity contribution in [1.29, 1.82) is 0 Å². The summed E-state index contributed by atoms with van der Waals surface area (Å²) >= 11 is 0. The minimum atomic E-state index is -0.634. The maximum absolute atomic E-state index is 12.3. The van der Waals surface area contributed by atoms with E-state index < -0.39 is 12.6 Å². The first-order chi connectivity index (χ1) is 13.7. The van der Waals surface area contributed by atoms with Crippen LogP contribution in [0.4, 0.5) is 10.2 Å². The second kappa shape index (κ2) is 7.39. The molecule has 0 bridgehead atoms. The highest BCUT2D eigenvalue weighted by atomic mass is 19.1. The van der Waals surface area contributed by atoms with Gasteiger partial charge in [-0.1, -0.05) is 12.1 Å². The number of nitrogens with two attached hydrogens (primary N) is 1. The van der Waals surface area contributed by atoms with Crippen LogP contribution in [0.1, 0.15) is 10.5 Å². The third kappa shape index (κ3) is 3.25. The fourth-order valence-corrected chi connectivity index (χ4v) is 2.81. The molecule has 0 radical (unpaired) electrons. The third-order valence-electron chi connectivity index (χ3n) is 4.08. The molecule has 3 N–H and O–H groups in total. The Morgan fingerprint density at radius 2 is 2.00 bits per heavy atom. The summed E-state index contributed by atoms with van der Waals surface area (Å²) in [4.78, 5) is 25.1. The zero-order valence-electron chi connectivity index (χ0n) is 14.7. The Morgan fingerprint density at radius 3 is 2.79 bits per heavy atom. The predicted molar refractivity (Wildman–Crippen MR) is 102 cm³/mol. The van der Waals surface area contributed by atoms with Crippen LogP contribution < -0.4 is 11.1 Å². The van der Waals surface area contributed by atoms with Crippen LogP contribution in [0.3, 0.4) is 0 Å². The van der Waals surface area contributed by atoms with Crippen LogP contribution in [0.15, 0.2) is 55.0 Å². The number of nitrogen functional groups attached to an aromatic ring is 1. The summed E-state index contributed by atoms with van der Waals surface area (Å²) in [6.45, 7) is -0.688. The van der Waals surface area contributed by atoms with Gasteiger partial charge >= 0.3 is 0 Å². The molecule has 4 aromatic rings. The molecule has 28 heavy (non-hydrogen) atoms. The van der Waals surface area contributed by atoms with E-state index in [4.69, 9.17) is 5.73 Å². The number of hydrogen-bond donors (Lipinski definition) is 2. The van der Waals surface area contributed by atoms with Gasteiger partial charge in [0.2, 0.25) is 0 Å². The number of fused-ring (bicyclic) bond motifs is 1. The lowest BCUT2D eigenvalue weighted by Crippen LogP contribution is -2.26. The van der Waals surface area contributed by atoms with E-state index in [1.165, 1.54) is 0 Å². The summed E-state index contributed by atoms with van der Waals surface area (Å²) in [6.07, 6.45) is 5.04. The first-order valence-electron chi connectivity index (χ1n) is 8.54. The van der Waals surface area contributed by atoms with Crippen molar-refractivity contribution in [3.8, 4) is 22.5 Å². The Bertz CT molecular complexity index is 1140. The zero-order valence-corrected chi connectivity index (χ0v) is 14.7. The van der Waals surface area contributed by atoms with Crippen LogP contribution in [0.2, 0.25) is 0 Å². The molecule has 0 unspecified atom stereocenters. The molecule has 0 fully saturated rings. The summed E-state index contributed by atoms with van der Waals surface area (Å²) in [6, 6.07) is 10.5. The lowest BCUT2D eigenvalue weighted by Gasteiger charge is -2.05. The molecular formula is C19H16FN7O. The van der Waals surface area contributed by atoms with Gasteiger partial charge in [0.05, 0.1) is 17.0 Å². The molecule has 140 valence electrons. The fourth-order valence-electron chi connectivity index (χ4n) is 2.81. The minimum Gasteiger partial charge on any atom is -0.382 e. The number of hydrogen-bond acceptors (Lipinski definition) is 6. The van der Waals surface area contributed by atoms with Gasteiger partial charge in [-0.15, -0.1) is 5.10 Å². The fraction of sp³-hybridized carbons (Fsp3) is 0.105. The molecule has 0 saturated heterocycles. The molecule has 0 spiro atoms. The maximum atomic E-state index is 12.3. The quantitative estimate of drug-likeness (QED) is 0.551. The number of anilines is 1. The van der Waals surface area contributed by atoms with E-state index in [0.717, 1.165) is 0 Å².